The van der Waals surface area contributed by atoms with Gasteiger partial charge in [-0.3, -0.25) is 14.5 Å². The molecule has 9 heteroatoms. The van der Waals surface area contributed by atoms with Crippen molar-refractivity contribution >= 4 is 15.7 Å². The first-order chi connectivity index (χ1) is 8.79. The molecule has 0 fully saturated rings. The second-order valence-corrected chi connectivity index (χ2v) is 5.50. The predicted molar refractivity (Wildman–Crippen MR) is 63.6 cm³/mol. The molecule has 0 heterocycles. The van der Waals surface area contributed by atoms with Gasteiger partial charge in [-0.1, -0.05) is 0 Å². The van der Waals surface area contributed by atoms with Crippen molar-refractivity contribution in [1.82, 2.24) is 4.72 Å². The molecule has 1 N–H and O–H groups in total. The smallest absolute Gasteiger partial charge is 0.258 e. The van der Waals surface area contributed by atoms with E-state index in [4.69, 9.17) is 0 Å². The molecule has 0 aliphatic heterocycles. The van der Waals surface area contributed by atoms with Gasteiger partial charge < -0.3 is 0 Å². The Labute approximate surface area is 108 Å². The molecule has 0 aromatic heterocycles. The van der Waals surface area contributed by atoms with E-state index in [0.717, 1.165) is 6.07 Å². The molecule has 1 rings (SSSR count). The molecular weight excluding hydrogens is 282 g/mol. The first kappa shape index (κ1) is 15.4. The molecule has 106 valence electrons. The van der Waals surface area contributed by atoms with Gasteiger partial charge in [0.25, 0.3) is 0 Å². The highest BCUT2D eigenvalue weighted by Crippen LogP contribution is 2.25. The first-order valence-electron chi connectivity index (χ1n) is 5.29. The summed E-state index contributed by atoms with van der Waals surface area (Å²) in [5.74, 6) is -1.11. The number of nitro benzene ring substituents is 1. The maximum absolute atomic E-state index is 13.3. The minimum absolute atomic E-state index is 0.0123. The number of rotatable bonds is 6. The Morgan fingerprint density at radius 2 is 2.05 bits per heavy atom. The van der Waals surface area contributed by atoms with Crippen molar-refractivity contribution in [2.75, 3.05) is 13.2 Å². The molecule has 0 amide bonds. The molecule has 0 aliphatic carbocycles. The summed E-state index contributed by atoms with van der Waals surface area (Å²) in [5, 5.41) is 10.6. The Kier molecular flexibility index (Phi) is 4.90. The number of hydrogen-bond acceptors (Lipinski definition) is 4. The molecule has 0 bridgehead atoms. The molecule has 0 saturated carbocycles. The lowest BCUT2D eigenvalue weighted by Gasteiger charge is -2.08. The van der Waals surface area contributed by atoms with Crippen LogP contribution in [0.2, 0.25) is 0 Å². The predicted octanol–water partition coefficient (Wildman–Crippen LogP) is 1.68. The van der Waals surface area contributed by atoms with Gasteiger partial charge in [0.1, 0.15) is 0 Å². The molecule has 19 heavy (non-hydrogen) atoms. The van der Waals surface area contributed by atoms with E-state index in [-0.39, 0.29) is 23.4 Å². The van der Waals surface area contributed by atoms with Crippen molar-refractivity contribution in [2.45, 2.75) is 18.2 Å². The van der Waals surface area contributed by atoms with E-state index in [0.29, 0.717) is 6.07 Å². The Morgan fingerprint density at radius 1 is 1.42 bits per heavy atom. The number of aryl methyl sites for hydroxylation is 1. The van der Waals surface area contributed by atoms with Crippen LogP contribution in [0.15, 0.2) is 17.0 Å². The van der Waals surface area contributed by atoms with Gasteiger partial charge in [-0.2, -0.15) is 4.39 Å². The molecule has 0 radical (unpaired) electrons. The van der Waals surface area contributed by atoms with Gasteiger partial charge in [0.15, 0.2) is 0 Å². The van der Waals surface area contributed by atoms with E-state index in [1.807, 2.05) is 0 Å². The second kappa shape index (κ2) is 6.02. The summed E-state index contributed by atoms with van der Waals surface area (Å²) in [6.45, 7) is 0.491. The van der Waals surface area contributed by atoms with Gasteiger partial charge >= 0.3 is 5.69 Å². The van der Waals surface area contributed by atoms with Crippen molar-refractivity contribution in [3.8, 4) is 0 Å². The highest BCUT2D eigenvalue weighted by atomic mass is 32.2. The number of halogens is 2. The molecule has 6 nitrogen and oxygen atoms in total. The molecule has 1 aromatic rings. The van der Waals surface area contributed by atoms with Crippen LogP contribution >= 0.6 is 0 Å². The topological polar surface area (TPSA) is 89.3 Å². The molecule has 0 unspecified atom stereocenters. The highest BCUT2D eigenvalue weighted by Gasteiger charge is 2.23. The highest BCUT2D eigenvalue weighted by molar-refractivity contribution is 7.89. The normalized spacial score (nSPS) is 11.5. The molecular formula is C10H12F2N2O4S. The number of benzene rings is 1. The third-order valence-corrected chi connectivity index (χ3v) is 3.94. The second-order valence-electron chi connectivity index (χ2n) is 3.77. The molecule has 1 aromatic carbocycles. The average Bonchev–Trinajstić information content (AvgIpc) is 2.28. The van der Waals surface area contributed by atoms with Crippen molar-refractivity contribution in [2.24, 2.45) is 0 Å². The fourth-order valence-corrected chi connectivity index (χ4v) is 2.74. The van der Waals surface area contributed by atoms with Gasteiger partial charge in [-0.25, -0.2) is 13.1 Å². The van der Waals surface area contributed by atoms with Crippen LogP contribution in [0.25, 0.3) is 0 Å². The summed E-state index contributed by atoms with van der Waals surface area (Å²) in [4.78, 5) is 9.18. The van der Waals surface area contributed by atoms with Crippen molar-refractivity contribution in [1.29, 1.82) is 0 Å². The molecule has 0 saturated heterocycles. The molecule has 0 spiro atoms. The van der Waals surface area contributed by atoms with Crippen molar-refractivity contribution in [3.05, 3.63) is 33.6 Å². The standard InChI is InChI=1S/C10H12F2N2O4S/c1-7-5-8(12)9(14(15)16)6-10(7)19(17,18)13-4-2-3-11/h5-6,13H,2-4H2,1H3. The van der Waals surface area contributed by atoms with E-state index in [1.54, 1.807) is 0 Å². The number of hydrogen-bond donors (Lipinski definition) is 1. The number of nitrogens with zero attached hydrogens (tertiary/aromatic N) is 1. The van der Waals surface area contributed by atoms with Gasteiger partial charge in [-0.05, 0) is 25.0 Å². The zero-order valence-electron chi connectivity index (χ0n) is 10.0. The summed E-state index contributed by atoms with van der Waals surface area (Å²) in [5.41, 5.74) is -0.882. The van der Waals surface area contributed by atoms with Crippen LogP contribution in [-0.2, 0) is 10.0 Å². The van der Waals surface area contributed by atoms with Crippen LogP contribution in [0.4, 0.5) is 14.5 Å². The third-order valence-electron chi connectivity index (χ3n) is 2.33. The van der Waals surface area contributed by atoms with Gasteiger partial charge in [0.05, 0.1) is 16.5 Å². The Morgan fingerprint density at radius 3 is 2.58 bits per heavy atom. The van der Waals surface area contributed by atoms with E-state index in [9.17, 15) is 27.3 Å². The quantitative estimate of drug-likeness (QED) is 0.491. The van der Waals surface area contributed by atoms with Gasteiger partial charge in [0.2, 0.25) is 15.8 Å². The van der Waals surface area contributed by atoms with E-state index >= 15 is 0 Å². The number of nitro groups is 1. The van der Waals surface area contributed by atoms with E-state index < -0.39 is 33.1 Å². The molecule has 0 atom stereocenters. The summed E-state index contributed by atoms with van der Waals surface area (Å²) < 4.78 is 50.9. The minimum Gasteiger partial charge on any atom is -0.258 e. The Bertz CT molecular complexity index is 589. The van der Waals surface area contributed by atoms with E-state index in [1.165, 1.54) is 6.92 Å². The van der Waals surface area contributed by atoms with Crippen LogP contribution in [0.1, 0.15) is 12.0 Å². The average molecular weight is 294 g/mol. The third kappa shape index (κ3) is 3.67. The summed E-state index contributed by atoms with van der Waals surface area (Å²) in [7, 11) is -4.02. The lowest BCUT2D eigenvalue weighted by atomic mass is 10.2. The number of nitrogens with one attached hydrogen (secondary N) is 1. The summed E-state index contributed by atoms with van der Waals surface area (Å²) >= 11 is 0. The van der Waals surface area contributed by atoms with Crippen LogP contribution < -0.4 is 4.72 Å². The monoisotopic (exact) mass is 294 g/mol. The van der Waals surface area contributed by atoms with Crippen LogP contribution in [0.5, 0.6) is 0 Å². The minimum atomic E-state index is -4.02. The van der Waals surface area contributed by atoms with Crippen LogP contribution in [0.3, 0.4) is 0 Å². The number of alkyl halides is 1. The first-order valence-corrected chi connectivity index (χ1v) is 6.78. The fourth-order valence-electron chi connectivity index (χ4n) is 1.42. The van der Waals surface area contributed by atoms with Crippen LogP contribution in [0, 0.1) is 22.9 Å². The zero-order valence-corrected chi connectivity index (χ0v) is 10.8. The van der Waals surface area contributed by atoms with Crippen molar-refractivity contribution in [3.63, 3.8) is 0 Å². The summed E-state index contributed by atoms with van der Waals surface area (Å²) in [6, 6.07) is 1.43. The van der Waals surface area contributed by atoms with Gasteiger partial charge in [-0.15, -0.1) is 0 Å². The fraction of sp³-hybridized carbons (Fsp3) is 0.400. The zero-order chi connectivity index (χ0) is 14.6. The largest absolute Gasteiger partial charge is 0.306 e. The number of sulfonamides is 1. The van der Waals surface area contributed by atoms with Crippen molar-refractivity contribution < 1.29 is 22.1 Å². The Hall–Kier alpha value is -1.61. The molecule has 0 aliphatic rings. The maximum Gasteiger partial charge on any atom is 0.306 e. The van der Waals surface area contributed by atoms with Gasteiger partial charge in [0, 0.05) is 12.6 Å². The maximum atomic E-state index is 13.3. The Balaban J connectivity index is 3.19. The van der Waals surface area contributed by atoms with Crippen LogP contribution in [-0.4, -0.2) is 26.6 Å². The lowest BCUT2D eigenvalue weighted by molar-refractivity contribution is -0.387. The lowest BCUT2D eigenvalue weighted by Crippen LogP contribution is -2.26. The SMILES string of the molecule is Cc1cc(F)c([N+](=O)[O-])cc1S(=O)(=O)NCCCF. The van der Waals surface area contributed by atoms with E-state index in [2.05, 4.69) is 4.72 Å². The summed E-state index contributed by atoms with van der Waals surface area (Å²) in [6.07, 6.45) is -0.0123.